The number of hydrogen-bond donors (Lipinski definition) is 1. The van der Waals surface area contributed by atoms with Gasteiger partial charge in [0.2, 0.25) is 0 Å². The van der Waals surface area contributed by atoms with E-state index in [4.69, 9.17) is 4.74 Å². The first-order chi connectivity index (χ1) is 4.83. The summed E-state index contributed by atoms with van der Waals surface area (Å²) in [5.74, 6) is 0. The Morgan fingerprint density at radius 2 is 2.50 bits per heavy atom. The molecule has 1 rings (SSSR count). The summed E-state index contributed by atoms with van der Waals surface area (Å²) in [6, 6.07) is 0. The summed E-state index contributed by atoms with van der Waals surface area (Å²) in [7, 11) is 0. The van der Waals surface area contributed by atoms with E-state index in [2.05, 4.69) is 19.7 Å². The molecular weight excluding hydrogens is 146 g/mol. The van der Waals surface area contributed by atoms with E-state index in [0.717, 1.165) is 32.5 Å². The molecule has 1 fully saturated rings. The van der Waals surface area contributed by atoms with Gasteiger partial charge in [0.15, 0.2) is 0 Å². The summed E-state index contributed by atoms with van der Waals surface area (Å²) in [5.41, 5.74) is 0. The molecule has 1 heterocycles. The predicted octanol–water partition coefficient (Wildman–Crippen LogP) is 1.33. The maximum atomic E-state index is 5.53. The van der Waals surface area contributed by atoms with E-state index in [1.807, 2.05) is 4.31 Å². The minimum absolute atomic E-state index is 0.442. The molecule has 1 aliphatic rings. The van der Waals surface area contributed by atoms with Crippen LogP contribution in [0.15, 0.2) is 0 Å². The van der Waals surface area contributed by atoms with E-state index in [1.165, 1.54) is 0 Å². The van der Waals surface area contributed by atoms with Crippen molar-refractivity contribution in [1.82, 2.24) is 4.31 Å². The molecule has 0 aromatic carbocycles. The Morgan fingerprint density at radius 3 is 3.00 bits per heavy atom. The molecule has 3 heteroatoms. The molecule has 0 aliphatic carbocycles. The zero-order valence-electron chi connectivity index (χ0n) is 6.42. The molecule has 60 valence electrons. The van der Waals surface area contributed by atoms with Gasteiger partial charge in [0.05, 0.1) is 6.10 Å². The van der Waals surface area contributed by atoms with E-state index in [-0.39, 0.29) is 0 Å². The molecule has 10 heavy (non-hydrogen) atoms. The SMILES string of the molecule is CCCOC1CCN(S)C1. The molecule has 0 amide bonds. The molecule has 0 N–H and O–H groups in total. The third-order valence-corrected chi connectivity index (χ3v) is 2.04. The average molecular weight is 161 g/mol. The number of nitrogens with zero attached hydrogens (tertiary/aromatic N) is 1. The fourth-order valence-electron chi connectivity index (χ4n) is 1.13. The Morgan fingerprint density at radius 1 is 1.70 bits per heavy atom. The first-order valence-electron chi connectivity index (χ1n) is 3.88. The summed E-state index contributed by atoms with van der Waals surface area (Å²) >= 11 is 4.23. The first-order valence-corrected chi connectivity index (χ1v) is 4.28. The molecule has 1 aliphatic heterocycles. The molecule has 0 saturated carbocycles. The summed E-state index contributed by atoms with van der Waals surface area (Å²) in [6.45, 7) is 5.08. The van der Waals surface area contributed by atoms with Crippen LogP contribution in [0.2, 0.25) is 0 Å². The van der Waals surface area contributed by atoms with Crippen molar-refractivity contribution in [3.05, 3.63) is 0 Å². The lowest BCUT2D eigenvalue weighted by Gasteiger charge is -2.09. The molecule has 0 bridgehead atoms. The van der Waals surface area contributed by atoms with E-state index >= 15 is 0 Å². The van der Waals surface area contributed by atoms with Gasteiger partial charge in [0.25, 0.3) is 0 Å². The highest BCUT2D eigenvalue weighted by molar-refractivity contribution is 7.77. The average Bonchev–Trinajstić information content (AvgIpc) is 2.31. The largest absolute Gasteiger partial charge is 0.377 e. The second-order valence-corrected chi connectivity index (χ2v) is 3.26. The van der Waals surface area contributed by atoms with Gasteiger partial charge in [0, 0.05) is 19.7 Å². The smallest absolute Gasteiger partial charge is 0.0723 e. The van der Waals surface area contributed by atoms with Crippen LogP contribution in [0.3, 0.4) is 0 Å². The topological polar surface area (TPSA) is 12.5 Å². The number of ether oxygens (including phenoxy) is 1. The molecule has 1 saturated heterocycles. The highest BCUT2D eigenvalue weighted by Crippen LogP contribution is 2.13. The van der Waals surface area contributed by atoms with Crippen LogP contribution in [0.25, 0.3) is 0 Å². The predicted molar refractivity (Wildman–Crippen MR) is 45.2 cm³/mol. The highest BCUT2D eigenvalue weighted by Gasteiger charge is 2.19. The van der Waals surface area contributed by atoms with Crippen LogP contribution in [0.4, 0.5) is 0 Å². The minimum atomic E-state index is 0.442. The Hall–Kier alpha value is 0.270. The monoisotopic (exact) mass is 161 g/mol. The van der Waals surface area contributed by atoms with E-state index in [1.54, 1.807) is 0 Å². The van der Waals surface area contributed by atoms with Gasteiger partial charge >= 0.3 is 0 Å². The fourth-order valence-corrected chi connectivity index (χ4v) is 1.43. The zero-order valence-corrected chi connectivity index (χ0v) is 7.31. The van der Waals surface area contributed by atoms with Crippen LogP contribution in [-0.4, -0.2) is 30.1 Å². The number of thiol groups is 1. The van der Waals surface area contributed by atoms with Gasteiger partial charge < -0.3 is 4.74 Å². The van der Waals surface area contributed by atoms with Gasteiger partial charge in [0.1, 0.15) is 0 Å². The van der Waals surface area contributed by atoms with Crippen molar-refractivity contribution in [3.8, 4) is 0 Å². The fraction of sp³-hybridized carbons (Fsp3) is 1.00. The van der Waals surface area contributed by atoms with Crippen LogP contribution in [0, 0.1) is 0 Å². The number of hydrogen-bond acceptors (Lipinski definition) is 3. The van der Waals surface area contributed by atoms with Gasteiger partial charge in [-0.15, -0.1) is 0 Å². The molecule has 1 atom stereocenters. The molecule has 1 unspecified atom stereocenters. The van der Waals surface area contributed by atoms with Crippen molar-refractivity contribution >= 4 is 12.8 Å². The van der Waals surface area contributed by atoms with Crippen molar-refractivity contribution in [1.29, 1.82) is 0 Å². The van der Waals surface area contributed by atoms with Crippen molar-refractivity contribution in [2.24, 2.45) is 0 Å². The highest BCUT2D eigenvalue weighted by atomic mass is 32.1. The summed E-state index contributed by atoms with van der Waals surface area (Å²) in [5, 5.41) is 0. The van der Waals surface area contributed by atoms with Crippen LogP contribution >= 0.6 is 12.8 Å². The minimum Gasteiger partial charge on any atom is -0.377 e. The Bertz CT molecular complexity index is 99.6. The standard InChI is InChI=1S/C7H15NOS/c1-2-5-9-7-3-4-8(10)6-7/h7,10H,2-6H2,1H3. The molecular formula is C7H15NOS. The lowest BCUT2D eigenvalue weighted by atomic mass is 10.3. The lowest BCUT2D eigenvalue weighted by molar-refractivity contribution is 0.0647. The maximum Gasteiger partial charge on any atom is 0.0723 e. The van der Waals surface area contributed by atoms with Crippen molar-refractivity contribution in [2.45, 2.75) is 25.9 Å². The van der Waals surface area contributed by atoms with E-state index in [0.29, 0.717) is 6.10 Å². The van der Waals surface area contributed by atoms with Gasteiger partial charge in [-0.05, 0) is 12.8 Å². The molecule has 0 aromatic rings. The Labute approximate surface area is 68.1 Å². The van der Waals surface area contributed by atoms with Crippen LogP contribution in [0.5, 0.6) is 0 Å². The summed E-state index contributed by atoms with van der Waals surface area (Å²) < 4.78 is 7.55. The number of rotatable bonds is 3. The Balaban J connectivity index is 2.06. The van der Waals surface area contributed by atoms with Crippen LogP contribution in [-0.2, 0) is 4.74 Å². The second-order valence-electron chi connectivity index (χ2n) is 2.69. The van der Waals surface area contributed by atoms with Gasteiger partial charge in [-0.25, -0.2) is 0 Å². The van der Waals surface area contributed by atoms with Gasteiger partial charge in [-0.1, -0.05) is 19.7 Å². The van der Waals surface area contributed by atoms with Gasteiger partial charge in [-0.2, -0.15) is 0 Å². The van der Waals surface area contributed by atoms with E-state index in [9.17, 15) is 0 Å². The maximum absolute atomic E-state index is 5.53. The van der Waals surface area contributed by atoms with Crippen molar-refractivity contribution in [2.75, 3.05) is 19.7 Å². The lowest BCUT2D eigenvalue weighted by Crippen LogP contribution is -2.16. The summed E-state index contributed by atoms with van der Waals surface area (Å²) in [4.78, 5) is 0. The third kappa shape index (κ3) is 2.48. The first kappa shape index (κ1) is 8.37. The zero-order chi connectivity index (χ0) is 7.40. The normalized spacial score (nSPS) is 27.6. The van der Waals surface area contributed by atoms with Gasteiger partial charge in [-0.3, -0.25) is 4.31 Å². The molecule has 0 aromatic heterocycles. The van der Waals surface area contributed by atoms with Crippen LogP contribution in [0.1, 0.15) is 19.8 Å². The molecule has 0 radical (unpaired) electrons. The van der Waals surface area contributed by atoms with Crippen LogP contribution < -0.4 is 0 Å². The van der Waals surface area contributed by atoms with Crippen molar-refractivity contribution < 1.29 is 4.74 Å². The Kier molecular flexibility index (Phi) is 3.52. The van der Waals surface area contributed by atoms with Crippen molar-refractivity contribution in [3.63, 3.8) is 0 Å². The third-order valence-electron chi connectivity index (χ3n) is 1.68. The molecule has 2 nitrogen and oxygen atoms in total. The second kappa shape index (κ2) is 4.21. The van der Waals surface area contributed by atoms with E-state index < -0.39 is 0 Å². The molecule has 0 spiro atoms. The summed E-state index contributed by atoms with van der Waals surface area (Å²) in [6.07, 6.45) is 2.70. The quantitative estimate of drug-likeness (QED) is 0.627.